The quantitative estimate of drug-likeness (QED) is 0.0522. The molecule has 23 heteroatoms. The van der Waals surface area contributed by atoms with E-state index in [0.717, 1.165) is 88.9 Å². The van der Waals surface area contributed by atoms with Crippen LogP contribution < -0.4 is 26.6 Å². The van der Waals surface area contributed by atoms with Gasteiger partial charge >= 0.3 is 0 Å². The molecule has 0 unspecified atom stereocenters. The van der Waals surface area contributed by atoms with Crippen molar-refractivity contribution in [1.82, 2.24) is 35.2 Å². The molecule has 6 heterocycles. The number of aromatic nitrogens is 6. The zero-order valence-electron chi connectivity index (χ0n) is 65.5. The lowest BCUT2D eigenvalue weighted by Crippen LogP contribution is -2.18. The fraction of sp³-hybridized carbons (Fsp3) is 0.0619. The Morgan fingerprint density at radius 2 is 0.608 bits per heavy atom. The lowest BCUT2D eigenvalue weighted by atomic mass is 10.1. The minimum atomic E-state index is -0.313. The SMILES string of the molecule is CC(=O)NCc1cccc(-c2csc(Nc3ccccc3F)n2)c1.Cc1cccc(-c2csc(Nc3ccccc3)n2)c1.Cc1cccc(-c2csc(Nc3ccccc3F)n2)c1.Cc1cccc(-c2csc(Nc3ccccc3F)n2)c1.Cc1ccccc1-c1csc(-c2ccccc2F)n1.Fc1ccccc1-c1nc(-c2ccccc2)cs1. The molecule has 0 spiro atoms. The maximum atomic E-state index is 13.7. The molecule has 0 atom stereocenters. The Labute approximate surface area is 717 Å². The molecule has 0 aliphatic carbocycles. The van der Waals surface area contributed by atoms with Gasteiger partial charge in [-0.25, -0.2) is 51.9 Å². The molecular formula is C97H78F5N11OS6. The van der Waals surface area contributed by atoms with Gasteiger partial charge in [-0.05, 0) is 136 Å². The Kier molecular flexibility index (Phi) is 29.8. The summed E-state index contributed by atoms with van der Waals surface area (Å²) in [6, 6.07) is 93.8. The van der Waals surface area contributed by atoms with Crippen LogP contribution in [0.5, 0.6) is 0 Å². The highest BCUT2D eigenvalue weighted by molar-refractivity contribution is 7.15. The summed E-state index contributed by atoms with van der Waals surface area (Å²) in [5.41, 5.74) is 21.1. The number of benzene rings is 12. The van der Waals surface area contributed by atoms with Crippen LogP contribution in [-0.4, -0.2) is 35.8 Å². The average Bonchev–Trinajstić information content (AvgIpc) is 1.68. The van der Waals surface area contributed by atoms with E-state index < -0.39 is 0 Å². The summed E-state index contributed by atoms with van der Waals surface area (Å²) in [6.07, 6.45) is 0. The zero-order chi connectivity index (χ0) is 83.5. The van der Waals surface area contributed by atoms with Crippen LogP contribution in [0.15, 0.2) is 336 Å². The van der Waals surface area contributed by atoms with E-state index in [2.05, 4.69) is 118 Å². The molecule has 0 saturated heterocycles. The summed E-state index contributed by atoms with van der Waals surface area (Å²) in [4.78, 5) is 38.2. The third-order valence-corrected chi connectivity index (χ3v) is 22.6. The smallest absolute Gasteiger partial charge is 0.217 e. The van der Waals surface area contributed by atoms with Gasteiger partial charge in [0.2, 0.25) is 5.91 Å². The average molecular weight is 1700 g/mol. The van der Waals surface area contributed by atoms with Crippen molar-refractivity contribution >= 4 is 117 Å². The van der Waals surface area contributed by atoms with E-state index in [1.54, 1.807) is 90.2 Å². The molecule has 0 aliphatic heterocycles. The second kappa shape index (κ2) is 42.2. The first-order valence-corrected chi connectivity index (χ1v) is 43.0. The Balaban J connectivity index is 0.000000125. The molecule has 12 aromatic carbocycles. The summed E-state index contributed by atoms with van der Waals surface area (Å²) in [5, 5.41) is 31.3. The number of hydrogen-bond acceptors (Lipinski definition) is 17. The van der Waals surface area contributed by atoms with Gasteiger partial charge in [0.25, 0.3) is 0 Å². The lowest BCUT2D eigenvalue weighted by molar-refractivity contribution is -0.119. The van der Waals surface area contributed by atoms with Crippen LogP contribution in [0.3, 0.4) is 0 Å². The normalized spacial score (nSPS) is 10.5. The van der Waals surface area contributed by atoms with E-state index in [-0.39, 0.29) is 35.0 Å². The van der Waals surface area contributed by atoms with Crippen LogP contribution in [0, 0.1) is 56.8 Å². The van der Waals surface area contributed by atoms with Gasteiger partial charge in [-0.3, -0.25) is 4.79 Å². The molecule has 6 aromatic heterocycles. The molecule has 0 fully saturated rings. The number of hydrogen-bond donors (Lipinski definition) is 5. The van der Waals surface area contributed by atoms with Crippen LogP contribution in [0.25, 0.3) is 88.7 Å². The molecule has 598 valence electrons. The van der Waals surface area contributed by atoms with Crippen molar-refractivity contribution < 1.29 is 26.7 Å². The topological polar surface area (TPSA) is 155 Å². The molecule has 18 rings (SSSR count). The number of aryl methyl sites for hydroxylation is 4. The van der Waals surface area contributed by atoms with Crippen LogP contribution in [0.4, 0.5) is 65.2 Å². The summed E-state index contributed by atoms with van der Waals surface area (Å²) in [6.45, 7) is 10.2. The Bertz CT molecular complexity index is 6180. The Hall–Kier alpha value is -13.3. The number of anilines is 8. The largest absolute Gasteiger partial charge is 0.352 e. The molecular weight excluding hydrogens is 1620 g/mol. The van der Waals surface area contributed by atoms with Crippen LogP contribution in [-0.2, 0) is 11.3 Å². The van der Waals surface area contributed by atoms with Gasteiger partial charge in [0.1, 0.15) is 39.1 Å². The summed E-state index contributed by atoms with van der Waals surface area (Å²) >= 11 is 8.90. The van der Waals surface area contributed by atoms with Crippen molar-refractivity contribution in [3.05, 3.63) is 393 Å². The van der Waals surface area contributed by atoms with Crippen LogP contribution in [0.2, 0.25) is 0 Å². The molecule has 5 N–H and O–H groups in total. The first-order valence-electron chi connectivity index (χ1n) is 37.7. The van der Waals surface area contributed by atoms with Crippen molar-refractivity contribution in [3.63, 3.8) is 0 Å². The van der Waals surface area contributed by atoms with Gasteiger partial charge < -0.3 is 26.6 Å². The lowest BCUT2D eigenvalue weighted by Gasteiger charge is -2.05. The van der Waals surface area contributed by atoms with E-state index in [9.17, 15) is 26.7 Å². The summed E-state index contributed by atoms with van der Waals surface area (Å²) < 4.78 is 68.2. The van der Waals surface area contributed by atoms with Crippen molar-refractivity contribution in [1.29, 1.82) is 0 Å². The van der Waals surface area contributed by atoms with Gasteiger partial charge in [-0.2, -0.15) is 0 Å². The highest BCUT2D eigenvalue weighted by Gasteiger charge is 2.16. The maximum absolute atomic E-state index is 13.7. The number of nitrogens with zero attached hydrogens (tertiary/aromatic N) is 6. The van der Waals surface area contributed by atoms with Crippen LogP contribution in [0.1, 0.15) is 34.7 Å². The molecule has 0 aliphatic rings. The number of halogens is 5. The highest BCUT2D eigenvalue weighted by Crippen LogP contribution is 2.36. The summed E-state index contributed by atoms with van der Waals surface area (Å²) in [7, 11) is 0. The molecule has 0 saturated carbocycles. The van der Waals surface area contributed by atoms with Crippen molar-refractivity contribution in [3.8, 4) is 88.7 Å². The predicted molar refractivity (Wildman–Crippen MR) is 491 cm³/mol. The van der Waals surface area contributed by atoms with Crippen LogP contribution >= 0.6 is 68.0 Å². The van der Waals surface area contributed by atoms with Gasteiger partial charge in [0.15, 0.2) is 20.5 Å². The van der Waals surface area contributed by atoms with Gasteiger partial charge in [-0.1, -0.05) is 223 Å². The highest BCUT2D eigenvalue weighted by atomic mass is 32.1. The van der Waals surface area contributed by atoms with Gasteiger partial charge in [-0.15, -0.1) is 68.0 Å². The van der Waals surface area contributed by atoms with E-state index in [1.165, 1.54) is 116 Å². The molecule has 120 heavy (non-hydrogen) atoms. The second-order valence-electron chi connectivity index (χ2n) is 26.9. The minimum Gasteiger partial charge on any atom is -0.352 e. The number of nitrogens with one attached hydrogen (secondary N) is 5. The zero-order valence-corrected chi connectivity index (χ0v) is 70.4. The molecule has 18 aromatic rings. The Morgan fingerprint density at radius 1 is 0.292 bits per heavy atom. The monoisotopic (exact) mass is 1700 g/mol. The first kappa shape index (κ1) is 84.6. The van der Waals surface area contributed by atoms with Crippen molar-refractivity contribution in [2.24, 2.45) is 0 Å². The van der Waals surface area contributed by atoms with E-state index in [1.807, 2.05) is 192 Å². The van der Waals surface area contributed by atoms with E-state index in [0.29, 0.717) is 55.1 Å². The predicted octanol–water partition coefficient (Wildman–Crippen LogP) is 28.7. The number of carbonyl (C=O) groups is 1. The number of rotatable bonds is 18. The molecule has 12 nitrogen and oxygen atoms in total. The Morgan fingerprint density at radius 3 is 1.01 bits per heavy atom. The maximum Gasteiger partial charge on any atom is 0.217 e. The standard InChI is InChI=1S/C18H16FN3OS.2C16H13FN2S.C16H12FNS.C16H14N2S.C15H10FNS/c1-12(23)20-10-13-5-4-6-14(9-13)17-11-24-18(22-17)21-16-8-3-2-7-15(16)19;2*1-11-5-4-6-12(9-11)15-10-20-16(19-15)18-14-8-3-2-7-13(14)17;1-11-6-2-3-7-12(11)15-10-19-16(18-15)13-8-4-5-9-14(13)17;1-12-6-5-7-13(10-12)15-11-19-16(18-15)17-14-8-3-2-4-9-14;16-13-9-5-4-8-12(13)15-17-14(10-18-15)11-6-2-1-3-7-11/h2-9,11H,10H2,1H3,(H,20,23)(H,21,22);2*2-10H,1H3,(H,18,19);2-10H,1H3;2-11H,1H3,(H,17,18);1-10H. The van der Waals surface area contributed by atoms with Crippen molar-refractivity contribution in [2.45, 2.75) is 41.2 Å². The van der Waals surface area contributed by atoms with E-state index >= 15 is 0 Å². The first-order chi connectivity index (χ1) is 58.5. The minimum absolute atomic E-state index is 0.0644. The van der Waals surface area contributed by atoms with Crippen molar-refractivity contribution in [2.75, 3.05) is 21.3 Å². The molecule has 1 amide bonds. The molecule has 0 bridgehead atoms. The fourth-order valence-electron chi connectivity index (χ4n) is 11.8. The molecule has 0 radical (unpaired) electrons. The third-order valence-electron chi connectivity index (χ3n) is 17.8. The fourth-order valence-corrected chi connectivity index (χ4v) is 16.4. The number of para-hydroxylation sites is 4. The third kappa shape index (κ3) is 24.2. The summed E-state index contributed by atoms with van der Waals surface area (Å²) in [5.74, 6) is -1.39. The van der Waals surface area contributed by atoms with Gasteiger partial charge in [0, 0.05) is 95.9 Å². The second-order valence-corrected chi connectivity index (χ2v) is 32.0. The number of amides is 1. The number of thiazole rings is 6. The van der Waals surface area contributed by atoms with Gasteiger partial charge in [0.05, 0.1) is 51.2 Å². The number of carbonyl (C=O) groups excluding carboxylic acids is 1. The van der Waals surface area contributed by atoms with E-state index in [4.69, 9.17) is 0 Å².